The number of aliphatic carboxylic acids is 1. The molecule has 2 atom stereocenters. The number of benzene rings is 1. The first-order chi connectivity index (χ1) is 12.3. The molecular weight excluding hydrogens is 356 g/mol. The van der Waals surface area contributed by atoms with Gasteiger partial charge in [-0.15, -0.1) is 0 Å². The van der Waals surface area contributed by atoms with Gasteiger partial charge in [-0.2, -0.15) is 0 Å². The van der Waals surface area contributed by atoms with Crippen molar-refractivity contribution >= 4 is 29.4 Å². The minimum absolute atomic E-state index is 0.00240. The molecule has 1 aliphatic carbocycles. The molecule has 0 radical (unpaired) electrons. The van der Waals surface area contributed by atoms with Crippen LogP contribution >= 0.6 is 11.6 Å². The predicted octanol–water partition coefficient (Wildman–Crippen LogP) is 3.06. The lowest BCUT2D eigenvalue weighted by Crippen LogP contribution is -2.40. The van der Waals surface area contributed by atoms with Crippen LogP contribution in [0.5, 0.6) is 0 Å². The predicted molar refractivity (Wildman–Crippen MR) is 98.8 cm³/mol. The second kappa shape index (κ2) is 9.57. The molecule has 2 amide bonds. The summed E-state index contributed by atoms with van der Waals surface area (Å²) in [7, 11) is 0. The van der Waals surface area contributed by atoms with E-state index in [2.05, 4.69) is 10.6 Å². The smallest absolute Gasteiger partial charge is 0.305 e. The van der Waals surface area contributed by atoms with Crippen molar-refractivity contribution in [2.24, 2.45) is 5.92 Å². The van der Waals surface area contributed by atoms with Gasteiger partial charge in [0.15, 0.2) is 0 Å². The summed E-state index contributed by atoms with van der Waals surface area (Å²) in [5, 5.41) is 15.3. The molecule has 1 fully saturated rings. The highest BCUT2D eigenvalue weighted by atomic mass is 35.5. The van der Waals surface area contributed by atoms with E-state index in [1.807, 2.05) is 0 Å². The van der Waals surface area contributed by atoms with Crippen molar-refractivity contribution in [3.63, 3.8) is 0 Å². The zero-order valence-electron chi connectivity index (χ0n) is 14.8. The van der Waals surface area contributed by atoms with Crippen LogP contribution in [0.1, 0.15) is 57.1 Å². The molecule has 0 spiro atoms. The van der Waals surface area contributed by atoms with Gasteiger partial charge in [0.1, 0.15) is 0 Å². The highest BCUT2D eigenvalue weighted by molar-refractivity contribution is 6.30. The number of nitrogens with one attached hydrogen (secondary N) is 2. The van der Waals surface area contributed by atoms with Crippen molar-refractivity contribution in [3.05, 3.63) is 34.9 Å². The summed E-state index contributed by atoms with van der Waals surface area (Å²) >= 11 is 5.86. The molecule has 1 aliphatic rings. The first kappa shape index (κ1) is 20.2. The fourth-order valence-electron chi connectivity index (χ4n) is 3.25. The van der Waals surface area contributed by atoms with Gasteiger partial charge in [0.2, 0.25) is 11.8 Å². The Morgan fingerprint density at radius 1 is 1.12 bits per heavy atom. The quantitative estimate of drug-likeness (QED) is 0.645. The molecule has 3 N–H and O–H groups in total. The Hall–Kier alpha value is -2.08. The average molecular weight is 381 g/mol. The molecule has 0 aliphatic heterocycles. The molecule has 1 aromatic carbocycles. The Labute approximate surface area is 158 Å². The molecule has 1 aromatic rings. The molecule has 26 heavy (non-hydrogen) atoms. The van der Waals surface area contributed by atoms with Gasteiger partial charge in [0.05, 0.1) is 12.5 Å². The van der Waals surface area contributed by atoms with E-state index in [4.69, 9.17) is 16.7 Å². The second-order valence-corrected chi connectivity index (χ2v) is 7.30. The van der Waals surface area contributed by atoms with E-state index < -0.39 is 12.0 Å². The van der Waals surface area contributed by atoms with Crippen molar-refractivity contribution in [3.8, 4) is 0 Å². The van der Waals surface area contributed by atoms with Crippen LogP contribution in [0.4, 0.5) is 0 Å². The maximum absolute atomic E-state index is 12.3. The molecule has 7 heteroatoms. The summed E-state index contributed by atoms with van der Waals surface area (Å²) in [5.41, 5.74) is 0.674. The number of hydrogen-bond donors (Lipinski definition) is 3. The van der Waals surface area contributed by atoms with Gasteiger partial charge in [0, 0.05) is 23.4 Å². The molecule has 142 valence electrons. The number of rotatable bonds is 8. The molecule has 6 nitrogen and oxygen atoms in total. The van der Waals surface area contributed by atoms with Crippen LogP contribution in [0, 0.1) is 5.92 Å². The lowest BCUT2D eigenvalue weighted by molar-refractivity contribution is -0.137. The molecule has 0 aromatic heterocycles. The minimum atomic E-state index is -1.01. The Kier molecular flexibility index (Phi) is 7.45. The van der Waals surface area contributed by atoms with Crippen LogP contribution in [0.2, 0.25) is 5.02 Å². The zero-order valence-corrected chi connectivity index (χ0v) is 15.6. The van der Waals surface area contributed by atoms with Crippen molar-refractivity contribution < 1.29 is 19.5 Å². The average Bonchev–Trinajstić information content (AvgIpc) is 3.08. The van der Waals surface area contributed by atoms with Crippen LogP contribution in [0.3, 0.4) is 0 Å². The number of carbonyl (C=O) groups is 3. The largest absolute Gasteiger partial charge is 0.481 e. The SMILES string of the molecule is CC(CC(=O)N[C@@H](CC(=O)O)c1ccc(Cl)cc1)NC(=O)C1CCCC1. The fraction of sp³-hybridized carbons (Fsp3) is 0.526. The topological polar surface area (TPSA) is 95.5 Å². The van der Waals surface area contributed by atoms with E-state index in [1.165, 1.54) is 0 Å². The highest BCUT2D eigenvalue weighted by Gasteiger charge is 2.25. The van der Waals surface area contributed by atoms with Crippen molar-refractivity contribution in [2.45, 2.75) is 57.5 Å². The molecule has 2 rings (SSSR count). The minimum Gasteiger partial charge on any atom is -0.481 e. The van der Waals surface area contributed by atoms with Crippen LogP contribution in [0.25, 0.3) is 0 Å². The van der Waals surface area contributed by atoms with E-state index >= 15 is 0 Å². The van der Waals surface area contributed by atoms with Crippen molar-refractivity contribution in [2.75, 3.05) is 0 Å². The highest BCUT2D eigenvalue weighted by Crippen LogP contribution is 2.25. The van der Waals surface area contributed by atoms with Gasteiger partial charge in [0.25, 0.3) is 0 Å². The Balaban J connectivity index is 1.90. The fourth-order valence-corrected chi connectivity index (χ4v) is 3.38. The van der Waals surface area contributed by atoms with Crippen molar-refractivity contribution in [1.29, 1.82) is 0 Å². The lowest BCUT2D eigenvalue weighted by atomic mass is 10.0. The normalized spacial score (nSPS) is 16.7. The van der Waals surface area contributed by atoms with Crippen LogP contribution in [0.15, 0.2) is 24.3 Å². The molecule has 1 saturated carbocycles. The third-order valence-corrected chi connectivity index (χ3v) is 4.84. The third-order valence-electron chi connectivity index (χ3n) is 4.59. The third kappa shape index (κ3) is 6.33. The first-order valence-corrected chi connectivity index (χ1v) is 9.30. The zero-order chi connectivity index (χ0) is 19.1. The molecule has 0 heterocycles. The Bertz CT molecular complexity index is 641. The Morgan fingerprint density at radius 2 is 1.73 bits per heavy atom. The van der Waals surface area contributed by atoms with Crippen LogP contribution in [-0.4, -0.2) is 28.9 Å². The lowest BCUT2D eigenvalue weighted by Gasteiger charge is -2.20. The second-order valence-electron chi connectivity index (χ2n) is 6.86. The van der Waals surface area contributed by atoms with Gasteiger partial charge in [-0.3, -0.25) is 14.4 Å². The standard InChI is InChI=1S/C19H25ClN2O4/c1-12(21-19(26)14-4-2-3-5-14)10-17(23)22-16(11-18(24)25)13-6-8-15(20)9-7-13/h6-9,12,14,16H,2-5,10-11H2,1H3,(H,21,26)(H,22,23)(H,24,25)/t12?,16-/m0/s1. The number of carboxylic acids is 1. The van der Waals surface area contributed by atoms with E-state index in [9.17, 15) is 14.4 Å². The maximum Gasteiger partial charge on any atom is 0.305 e. The number of halogens is 1. The summed E-state index contributed by atoms with van der Waals surface area (Å²) in [6, 6.07) is 5.75. The summed E-state index contributed by atoms with van der Waals surface area (Å²) in [6.07, 6.45) is 3.83. The molecule has 0 bridgehead atoms. The van der Waals surface area contributed by atoms with Crippen molar-refractivity contribution in [1.82, 2.24) is 10.6 Å². The molecule has 0 saturated heterocycles. The van der Waals surface area contributed by atoms with E-state index in [0.29, 0.717) is 10.6 Å². The van der Waals surface area contributed by atoms with E-state index in [-0.39, 0.29) is 36.6 Å². The van der Waals surface area contributed by atoms with Gasteiger partial charge in [-0.1, -0.05) is 36.6 Å². The van der Waals surface area contributed by atoms with Crippen LogP contribution in [-0.2, 0) is 14.4 Å². The van der Waals surface area contributed by atoms with E-state index in [0.717, 1.165) is 25.7 Å². The van der Waals surface area contributed by atoms with Gasteiger partial charge in [-0.05, 0) is 37.5 Å². The monoisotopic (exact) mass is 380 g/mol. The maximum atomic E-state index is 12.3. The number of carboxylic acid groups (broad SMARTS) is 1. The van der Waals surface area contributed by atoms with Gasteiger partial charge >= 0.3 is 5.97 Å². The van der Waals surface area contributed by atoms with Gasteiger partial charge < -0.3 is 15.7 Å². The number of amides is 2. The summed E-state index contributed by atoms with van der Waals surface area (Å²) in [6.45, 7) is 1.78. The Morgan fingerprint density at radius 3 is 2.31 bits per heavy atom. The van der Waals surface area contributed by atoms with E-state index in [1.54, 1.807) is 31.2 Å². The molecule has 1 unspecified atom stereocenters. The number of carbonyl (C=O) groups excluding carboxylic acids is 2. The summed E-state index contributed by atoms with van der Waals surface area (Å²) in [5.74, 6) is -1.25. The van der Waals surface area contributed by atoms with Gasteiger partial charge in [-0.25, -0.2) is 0 Å². The number of hydrogen-bond acceptors (Lipinski definition) is 3. The first-order valence-electron chi connectivity index (χ1n) is 8.92. The molecular formula is C19H25ClN2O4. The van der Waals surface area contributed by atoms with Crippen LogP contribution < -0.4 is 10.6 Å². The summed E-state index contributed by atoms with van der Waals surface area (Å²) < 4.78 is 0. The summed E-state index contributed by atoms with van der Waals surface area (Å²) in [4.78, 5) is 35.5.